The molecule has 0 aliphatic carbocycles. The van der Waals surface area contributed by atoms with E-state index in [9.17, 15) is 8.78 Å². The molecule has 0 amide bonds. The van der Waals surface area contributed by atoms with Gasteiger partial charge in [-0.1, -0.05) is 0 Å². The third kappa shape index (κ3) is 2.08. The van der Waals surface area contributed by atoms with Crippen molar-refractivity contribution < 1.29 is 13.6 Å². The second-order valence-electron chi connectivity index (χ2n) is 2.76. The molecule has 5 heteroatoms. The molecule has 3 nitrogen and oxygen atoms in total. The summed E-state index contributed by atoms with van der Waals surface area (Å²) in [5, 5.41) is 2.86. The van der Waals surface area contributed by atoms with Gasteiger partial charge in [0.15, 0.2) is 0 Å². The van der Waals surface area contributed by atoms with Crippen LogP contribution in [-0.2, 0) is 4.84 Å². The predicted molar refractivity (Wildman–Crippen MR) is 36.1 cm³/mol. The molecular weight excluding hydrogens is 154 g/mol. The fourth-order valence-electron chi connectivity index (χ4n) is 1.24. The quantitative estimate of drug-likeness (QED) is 0.585. The van der Waals surface area contributed by atoms with Crippen LogP contribution in [0.25, 0.3) is 0 Å². The molecule has 1 saturated heterocycles. The first-order valence-electron chi connectivity index (χ1n) is 3.57. The van der Waals surface area contributed by atoms with Crippen molar-refractivity contribution in [3.05, 3.63) is 0 Å². The van der Waals surface area contributed by atoms with Crippen molar-refractivity contribution in [1.82, 2.24) is 5.32 Å². The number of nitrogens with two attached hydrogens (primary N) is 1. The maximum atomic E-state index is 12.9. The second kappa shape index (κ2) is 3.42. The Morgan fingerprint density at radius 1 is 1.64 bits per heavy atom. The summed E-state index contributed by atoms with van der Waals surface area (Å²) in [5.41, 5.74) is 0. The van der Waals surface area contributed by atoms with E-state index in [2.05, 4.69) is 16.1 Å². The summed E-state index contributed by atoms with van der Waals surface area (Å²) in [4.78, 5) is 3.94. The topological polar surface area (TPSA) is 47.3 Å². The van der Waals surface area contributed by atoms with Gasteiger partial charge in [0, 0.05) is 12.5 Å². The Hall–Kier alpha value is -0.260. The molecule has 1 aliphatic heterocycles. The van der Waals surface area contributed by atoms with Crippen LogP contribution in [0.15, 0.2) is 0 Å². The van der Waals surface area contributed by atoms with Crippen molar-refractivity contribution in [2.24, 2.45) is 11.8 Å². The van der Waals surface area contributed by atoms with Gasteiger partial charge < -0.3 is 5.32 Å². The first-order valence-corrected chi connectivity index (χ1v) is 3.57. The van der Waals surface area contributed by atoms with E-state index in [1.54, 1.807) is 0 Å². The van der Waals surface area contributed by atoms with Gasteiger partial charge in [0.05, 0.1) is 0 Å². The lowest BCUT2D eigenvalue weighted by molar-refractivity contribution is -0.113. The number of halogens is 2. The molecule has 0 aromatic carbocycles. The Morgan fingerprint density at radius 2 is 2.36 bits per heavy atom. The summed E-state index contributed by atoms with van der Waals surface area (Å²) in [6, 6.07) is 0. The maximum Gasteiger partial charge on any atom is 0.276 e. The summed E-state index contributed by atoms with van der Waals surface area (Å²) < 4.78 is 25.8. The second-order valence-corrected chi connectivity index (χ2v) is 2.76. The minimum absolute atomic E-state index is 0.357. The van der Waals surface area contributed by atoms with Crippen LogP contribution in [0.1, 0.15) is 6.42 Å². The van der Waals surface area contributed by atoms with E-state index in [0.717, 1.165) is 0 Å². The Labute approximate surface area is 63.8 Å². The standard InChI is InChI=1S/C6H12F2N2O/c7-6(8,4-11-9)5-1-2-10-3-5/h5,10H,1-4,9H2. The summed E-state index contributed by atoms with van der Waals surface area (Å²) in [6.45, 7) is 0.334. The van der Waals surface area contributed by atoms with E-state index >= 15 is 0 Å². The van der Waals surface area contributed by atoms with E-state index in [1.165, 1.54) is 0 Å². The molecule has 3 N–H and O–H groups in total. The van der Waals surface area contributed by atoms with Crippen molar-refractivity contribution in [2.45, 2.75) is 12.3 Å². The third-order valence-corrected chi connectivity index (χ3v) is 1.93. The largest absolute Gasteiger partial charge is 0.316 e. The molecule has 0 spiro atoms. The Kier molecular flexibility index (Phi) is 2.75. The van der Waals surface area contributed by atoms with Gasteiger partial charge in [0.25, 0.3) is 5.92 Å². The van der Waals surface area contributed by atoms with Crippen LogP contribution in [0.4, 0.5) is 8.78 Å². The Morgan fingerprint density at radius 3 is 2.82 bits per heavy atom. The lowest BCUT2D eigenvalue weighted by Gasteiger charge is -2.20. The van der Waals surface area contributed by atoms with Gasteiger partial charge >= 0.3 is 0 Å². The van der Waals surface area contributed by atoms with Gasteiger partial charge in [-0.25, -0.2) is 14.7 Å². The zero-order chi connectivity index (χ0) is 8.32. The van der Waals surface area contributed by atoms with E-state index in [0.29, 0.717) is 19.5 Å². The molecule has 1 unspecified atom stereocenters. The fourth-order valence-corrected chi connectivity index (χ4v) is 1.24. The molecule has 0 aromatic rings. The molecule has 0 bridgehead atoms. The van der Waals surface area contributed by atoms with Crippen molar-refractivity contribution in [2.75, 3.05) is 19.7 Å². The monoisotopic (exact) mass is 166 g/mol. The van der Waals surface area contributed by atoms with Gasteiger partial charge in [-0.3, -0.25) is 4.84 Å². The van der Waals surface area contributed by atoms with Crippen LogP contribution in [0.5, 0.6) is 0 Å². The van der Waals surface area contributed by atoms with Crippen LogP contribution in [0.3, 0.4) is 0 Å². The van der Waals surface area contributed by atoms with E-state index in [-0.39, 0.29) is 0 Å². The van der Waals surface area contributed by atoms with E-state index < -0.39 is 18.4 Å². The highest BCUT2D eigenvalue weighted by atomic mass is 19.3. The van der Waals surface area contributed by atoms with Gasteiger partial charge in [0.1, 0.15) is 6.61 Å². The molecule has 1 rings (SSSR count). The number of nitrogens with one attached hydrogen (secondary N) is 1. The maximum absolute atomic E-state index is 12.9. The number of alkyl halides is 2. The summed E-state index contributed by atoms with van der Waals surface area (Å²) in [7, 11) is 0. The van der Waals surface area contributed by atoms with Crippen LogP contribution in [0, 0.1) is 5.92 Å². The molecule has 1 fully saturated rings. The highest BCUT2D eigenvalue weighted by Gasteiger charge is 2.41. The molecule has 1 heterocycles. The molecule has 1 atom stereocenters. The predicted octanol–water partition coefficient (Wildman–Crippen LogP) is 0.121. The summed E-state index contributed by atoms with van der Waals surface area (Å²) >= 11 is 0. The molecular formula is C6H12F2N2O. The molecule has 11 heavy (non-hydrogen) atoms. The van der Waals surface area contributed by atoms with Crippen molar-refractivity contribution >= 4 is 0 Å². The minimum Gasteiger partial charge on any atom is -0.316 e. The highest BCUT2D eigenvalue weighted by Crippen LogP contribution is 2.28. The summed E-state index contributed by atoms with van der Waals surface area (Å²) in [6.07, 6.45) is 0.496. The lowest BCUT2D eigenvalue weighted by atomic mass is 10.0. The molecule has 0 saturated carbocycles. The fraction of sp³-hybridized carbons (Fsp3) is 1.00. The first kappa shape index (κ1) is 8.83. The zero-order valence-corrected chi connectivity index (χ0v) is 6.15. The molecule has 0 radical (unpaired) electrons. The minimum atomic E-state index is -2.78. The number of hydrogen-bond acceptors (Lipinski definition) is 3. The molecule has 1 aliphatic rings. The van der Waals surface area contributed by atoms with Crippen LogP contribution >= 0.6 is 0 Å². The van der Waals surface area contributed by atoms with Crippen LogP contribution < -0.4 is 11.2 Å². The van der Waals surface area contributed by atoms with Crippen LogP contribution in [-0.4, -0.2) is 25.6 Å². The van der Waals surface area contributed by atoms with Gasteiger partial charge in [0.2, 0.25) is 0 Å². The average molecular weight is 166 g/mol. The normalized spacial score (nSPS) is 25.9. The Bertz CT molecular complexity index is 126. The van der Waals surface area contributed by atoms with E-state index in [4.69, 9.17) is 0 Å². The zero-order valence-electron chi connectivity index (χ0n) is 6.15. The van der Waals surface area contributed by atoms with Crippen molar-refractivity contribution in [1.29, 1.82) is 0 Å². The number of hydrogen-bond donors (Lipinski definition) is 2. The van der Waals surface area contributed by atoms with Gasteiger partial charge in [-0.15, -0.1) is 0 Å². The lowest BCUT2D eigenvalue weighted by Crippen LogP contribution is -2.35. The third-order valence-electron chi connectivity index (χ3n) is 1.93. The first-order chi connectivity index (χ1) is 5.17. The molecule has 66 valence electrons. The molecule has 0 aromatic heterocycles. The van der Waals surface area contributed by atoms with Crippen molar-refractivity contribution in [3.8, 4) is 0 Å². The SMILES string of the molecule is NOCC(F)(F)C1CCNC1. The highest BCUT2D eigenvalue weighted by molar-refractivity contribution is 4.83. The smallest absolute Gasteiger partial charge is 0.276 e. The number of rotatable bonds is 3. The Balaban J connectivity index is 2.41. The van der Waals surface area contributed by atoms with E-state index in [1.807, 2.05) is 0 Å². The van der Waals surface area contributed by atoms with Crippen molar-refractivity contribution in [3.63, 3.8) is 0 Å². The summed E-state index contributed by atoms with van der Waals surface area (Å²) in [5.74, 6) is 1.18. The average Bonchev–Trinajstić information content (AvgIpc) is 2.37. The van der Waals surface area contributed by atoms with Crippen LogP contribution in [0.2, 0.25) is 0 Å². The van der Waals surface area contributed by atoms with Gasteiger partial charge in [-0.05, 0) is 13.0 Å². The van der Waals surface area contributed by atoms with Gasteiger partial charge in [-0.2, -0.15) is 0 Å².